The maximum Gasteiger partial charge on any atom is 0.331 e. The molecule has 1 amide bonds. The summed E-state index contributed by atoms with van der Waals surface area (Å²) in [5, 5.41) is 2.57. The van der Waals surface area contributed by atoms with Crippen LogP contribution in [0.3, 0.4) is 0 Å². The van der Waals surface area contributed by atoms with Crippen molar-refractivity contribution in [3.8, 4) is 0 Å². The molecule has 3 rings (SSSR count). The predicted molar refractivity (Wildman–Crippen MR) is 116 cm³/mol. The van der Waals surface area contributed by atoms with Gasteiger partial charge in [-0.15, -0.1) is 0 Å². The minimum atomic E-state index is -3.63. The fourth-order valence-corrected chi connectivity index (χ4v) is 4.30. The highest BCUT2D eigenvalue weighted by Gasteiger charge is 2.26. The van der Waals surface area contributed by atoms with E-state index in [1.54, 1.807) is 0 Å². The second-order valence-electron chi connectivity index (χ2n) is 6.99. The molecule has 0 saturated carbocycles. The van der Waals surface area contributed by atoms with Crippen LogP contribution >= 0.6 is 0 Å². The average Bonchev–Trinajstić information content (AvgIpc) is 2.79. The van der Waals surface area contributed by atoms with Crippen LogP contribution in [0.1, 0.15) is 12.5 Å². The van der Waals surface area contributed by atoms with E-state index in [2.05, 4.69) is 5.32 Å². The molecular weight excluding hydrogens is 439 g/mol. The zero-order valence-corrected chi connectivity index (χ0v) is 18.2. The zero-order chi connectivity index (χ0) is 23.1. The summed E-state index contributed by atoms with van der Waals surface area (Å²) in [6, 6.07) is 11.3. The fourth-order valence-electron chi connectivity index (χ4n) is 2.90. The Labute approximate surface area is 185 Å². The third-order valence-electron chi connectivity index (χ3n) is 4.67. The molecule has 10 heteroatoms. The molecule has 1 atom stereocenters. The van der Waals surface area contributed by atoms with Gasteiger partial charge in [0.25, 0.3) is 5.91 Å². The highest BCUT2D eigenvalue weighted by atomic mass is 32.2. The molecule has 1 heterocycles. The molecule has 1 fully saturated rings. The molecule has 1 aliphatic rings. The van der Waals surface area contributed by atoms with Crippen molar-refractivity contribution >= 4 is 33.7 Å². The Morgan fingerprint density at radius 3 is 2.34 bits per heavy atom. The summed E-state index contributed by atoms with van der Waals surface area (Å²) in [7, 11) is -3.63. The molecule has 8 nitrogen and oxygen atoms in total. The first kappa shape index (κ1) is 23.6. The van der Waals surface area contributed by atoms with E-state index >= 15 is 0 Å². The van der Waals surface area contributed by atoms with Crippen LogP contribution in [0.2, 0.25) is 0 Å². The second kappa shape index (κ2) is 10.5. The number of esters is 1. The van der Waals surface area contributed by atoms with Crippen molar-refractivity contribution in [2.75, 3.05) is 31.6 Å². The van der Waals surface area contributed by atoms with Crippen LogP contribution in [-0.4, -0.2) is 57.0 Å². The lowest BCUT2D eigenvalue weighted by molar-refractivity contribution is -0.148. The summed E-state index contributed by atoms with van der Waals surface area (Å²) in [5.74, 6) is -1.69. The number of carbonyl (C=O) groups excluding carboxylic acids is 2. The lowest BCUT2D eigenvalue weighted by Crippen LogP contribution is -2.40. The van der Waals surface area contributed by atoms with E-state index in [0.717, 1.165) is 6.08 Å². The van der Waals surface area contributed by atoms with E-state index in [9.17, 15) is 22.4 Å². The number of rotatable bonds is 7. The summed E-state index contributed by atoms with van der Waals surface area (Å²) in [6.45, 7) is 2.70. The highest BCUT2D eigenvalue weighted by Crippen LogP contribution is 2.19. The van der Waals surface area contributed by atoms with Gasteiger partial charge in [0.15, 0.2) is 6.10 Å². The van der Waals surface area contributed by atoms with Gasteiger partial charge < -0.3 is 14.8 Å². The van der Waals surface area contributed by atoms with Gasteiger partial charge in [0.1, 0.15) is 5.82 Å². The fraction of sp³-hybridized carbons (Fsp3) is 0.273. The Balaban J connectivity index is 1.54. The van der Waals surface area contributed by atoms with Gasteiger partial charge in [-0.1, -0.05) is 12.1 Å². The highest BCUT2D eigenvalue weighted by molar-refractivity contribution is 7.89. The number of hydrogen-bond acceptors (Lipinski definition) is 6. The maximum absolute atomic E-state index is 12.9. The smallest absolute Gasteiger partial charge is 0.331 e. The quantitative estimate of drug-likeness (QED) is 0.501. The summed E-state index contributed by atoms with van der Waals surface area (Å²) in [5.41, 5.74) is 0.966. The summed E-state index contributed by atoms with van der Waals surface area (Å²) < 4.78 is 49.7. The molecule has 1 saturated heterocycles. The van der Waals surface area contributed by atoms with Crippen LogP contribution in [0.25, 0.3) is 6.08 Å². The number of benzene rings is 2. The SMILES string of the molecule is CC(OC(=O)/C=C/c1ccc(F)cc1)C(=O)Nc1ccc(S(=O)(=O)N2CCOCC2)cc1. The standard InChI is InChI=1S/C22H23FN2O6S/c1-16(31-21(26)11-4-17-2-5-18(23)6-3-17)22(27)24-19-7-9-20(10-8-19)32(28,29)25-12-14-30-15-13-25/h2-11,16H,12-15H2,1H3,(H,24,27)/b11-4+. The Morgan fingerprint density at radius 2 is 1.72 bits per heavy atom. The van der Waals surface area contributed by atoms with E-state index in [4.69, 9.17) is 9.47 Å². The molecule has 0 bridgehead atoms. The predicted octanol–water partition coefficient (Wildman–Crippen LogP) is 2.43. The normalized spacial score (nSPS) is 15.9. The van der Waals surface area contributed by atoms with Crippen LogP contribution in [0.5, 0.6) is 0 Å². The van der Waals surface area contributed by atoms with Crippen molar-refractivity contribution in [1.29, 1.82) is 0 Å². The average molecular weight is 462 g/mol. The number of morpholine rings is 1. The van der Waals surface area contributed by atoms with Gasteiger partial charge in [0.05, 0.1) is 18.1 Å². The minimum absolute atomic E-state index is 0.114. The van der Waals surface area contributed by atoms with Gasteiger partial charge in [0.2, 0.25) is 10.0 Å². The van der Waals surface area contributed by atoms with Gasteiger partial charge in [-0.3, -0.25) is 4.79 Å². The monoisotopic (exact) mass is 462 g/mol. The van der Waals surface area contributed by atoms with Crippen LogP contribution in [-0.2, 0) is 29.1 Å². The number of nitrogens with zero attached hydrogens (tertiary/aromatic N) is 1. The molecule has 32 heavy (non-hydrogen) atoms. The first-order chi connectivity index (χ1) is 15.3. The molecule has 2 aromatic rings. The first-order valence-electron chi connectivity index (χ1n) is 9.89. The first-order valence-corrected chi connectivity index (χ1v) is 11.3. The van der Waals surface area contributed by atoms with E-state index in [1.165, 1.54) is 65.8 Å². The van der Waals surface area contributed by atoms with Gasteiger partial charge in [0, 0.05) is 24.9 Å². The van der Waals surface area contributed by atoms with Gasteiger partial charge >= 0.3 is 5.97 Å². The van der Waals surface area contributed by atoms with Crippen LogP contribution < -0.4 is 5.32 Å². The number of halogens is 1. The molecule has 1 unspecified atom stereocenters. The van der Waals surface area contributed by atoms with E-state index in [1.807, 2.05) is 0 Å². The number of sulfonamides is 1. The Kier molecular flexibility index (Phi) is 7.73. The molecule has 0 aromatic heterocycles. The number of anilines is 1. The molecule has 1 N–H and O–H groups in total. The van der Waals surface area contributed by atoms with Crippen molar-refractivity contribution in [3.63, 3.8) is 0 Å². The number of carbonyl (C=O) groups is 2. The van der Waals surface area contributed by atoms with Crippen molar-refractivity contribution in [2.24, 2.45) is 0 Å². The van der Waals surface area contributed by atoms with Gasteiger partial charge in [-0.05, 0) is 55.0 Å². The topological polar surface area (TPSA) is 102 Å². The minimum Gasteiger partial charge on any atom is -0.449 e. The maximum atomic E-state index is 12.9. The number of amides is 1. The van der Waals surface area contributed by atoms with Gasteiger partial charge in [-0.25, -0.2) is 17.6 Å². The Hall–Kier alpha value is -3.08. The molecule has 0 aliphatic carbocycles. The van der Waals surface area contributed by atoms with Gasteiger partial charge in [-0.2, -0.15) is 4.31 Å². The summed E-state index contributed by atoms with van der Waals surface area (Å²) >= 11 is 0. The number of ether oxygens (including phenoxy) is 2. The van der Waals surface area contributed by atoms with E-state index in [-0.39, 0.29) is 10.7 Å². The largest absolute Gasteiger partial charge is 0.449 e. The summed E-state index contributed by atoms with van der Waals surface area (Å²) in [6.07, 6.45) is 1.50. The zero-order valence-electron chi connectivity index (χ0n) is 17.4. The van der Waals surface area contributed by atoms with Crippen LogP contribution in [0.4, 0.5) is 10.1 Å². The van der Waals surface area contributed by atoms with Crippen LogP contribution in [0.15, 0.2) is 59.5 Å². The van der Waals surface area contributed by atoms with E-state index in [0.29, 0.717) is 37.6 Å². The lowest BCUT2D eigenvalue weighted by atomic mass is 10.2. The Bertz CT molecular complexity index is 1080. The molecule has 170 valence electrons. The number of nitrogens with one attached hydrogen (secondary N) is 1. The lowest BCUT2D eigenvalue weighted by Gasteiger charge is -2.26. The van der Waals surface area contributed by atoms with Crippen molar-refractivity contribution in [2.45, 2.75) is 17.9 Å². The van der Waals surface area contributed by atoms with E-state index < -0.39 is 28.0 Å². The molecular formula is C22H23FN2O6S. The molecule has 0 spiro atoms. The Morgan fingerprint density at radius 1 is 1.09 bits per heavy atom. The van der Waals surface area contributed by atoms with Crippen molar-refractivity contribution in [3.05, 3.63) is 66.0 Å². The van der Waals surface area contributed by atoms with Crippen molar-refractivity contribution < 1.29 is 31.9 Å². The molecule has 2 aromatic carbocycles. The second-order valence-corrected chi connectivity index (χ2v) is 8.93. The molecule has 0 radical (unpaired) electrons. The third-order valence-corrected chi connectivity index (χ3v) is 6.59. The third kappa shape index (κ3) is 6.22. The van der Waals surface area contributed by atoms with Crippen LogP contribution in [0, 0.1) is 5.82 Å². The molecule has 1 aliphatic heterocycles. The number of hydrogen-bond donors (Lipinski definition) is 1. The summed E-state index contributed by atoms with van der Waals surface area (Å²) in [4.78, 5) is 24.3. The van der Waals surface area contributed by atoms with Crippen molar-refractivity contribution in [1.82, 2.24) is 4.31 Å².